The summed E-state index contributed by atoms with van der Waals surface area (Å²) in [7, 11) is 1.62. The number of aliphatic imine (C=N–C) groups is 1. The average Bonchev–Trinajstić information content (AvgIpc) is 2.52. The Morgan fingerprint density at radius 1 is 1.27 bits per heavy atom. The molecule has 1 heterocycles. The summed E-state index contributed by atoms with van der Waals surface area (Å²) < 4.78 is 5.13. The molecule has 1 rings (SSSR count). The predicted octanol–water partition coefficient (Wildman–Crippen LogP) is 2.97. The van der Waals surface area contributed by atoms with Gasteiger partial charge in [0.05, 0.1) is 19.3 Å². The van der Waals surface area contributed by atoms with E-state index in [2.05, 4.69) is 41.4 Å². The van der Waals surface area contributed by atoms with Crippen LogP contribution in [0, 0.1) is 5.92 Å². The number of pyridine rings is 1. The molecule has 124 valence electrons. The third kappa shape index (κ3) is 7.86. The molecule has 0 unspecified atom stereocenters. The topological polar surface area (TPSA) is 58.5 Å². The summed E-state index contributed by atoms with van der Waals surface area (Å²) in [5.74, 6) is 2.25. The molecule has 0 saturated heterocycles. The van der Waals surface area contributed by atoms with E-state index in [4.69, 9.17) is 4.74 Å². The number of nitrogens with one attached hydrogen (secondary N) is 2. The Labute approximate surface area is 134 Å². The molecule has 0 atom stereocenters. The Bertz CT molecular complexity index is 446. The van der Waals surface area contributed by atoms with Crippen LogP contribution in [0.1, 0.15) is 45.7 Å². The Morgan fingerprint density at radius 2 is 2.09 bits per heavy atom. The van der Waals surface area contributed by atoms with Crippen LogP contribution in [0.3, 0.4) is 0 Å². The number of methoxy groups -OCH3 is 1. The van der Waals surface area contributed by atoms with Crippen molar-refractivity contribution in [3.63, 3.8) is 0 Å². The standard InChI is InChI=1S/C17H30N4O/c1-5-18-17(19-12-7-6-9-14(2)3)20-13-15-10-8-11-16(21-15)22-4/h8,10-11,14H,5-7,9,12-13H2,1-4H3,(H2,18,19,20). The number of hydrogen-bond acceptors (Lipinski definition) is 3. The zero-order chi connectivity index (χ0) is 16.2. The lowest BCUT2D eigenvalue weighted by atomic mass is 10.1. The normalized spacial score (nSPS) is 11.6. The van der Waals surface area contributed by atoms with E-state index in [0.717, 1.165) is 30.7 Å². The molecule has 0 aliphatic rings. The first kappa shape index (κ1) is 18.3. The minimum Gasteiger partial charge on any atom is -0.481 e. The van der Waals surface area contributed by atoms with E-state index in [0.29, 0.717) is 12.4 Å². The minimum atomic E-state index is 0.540. The summed E-state index contributed by atoms with van der Waals surface area (Å²) in [6, 6.07) is 5.73. The van der Waals surface area contributed by atoms with E-state index < -0.39 is 0 Å². The molecule has 0 fully saturated rings. The van der Waals surface area contributed by atoms with Gasteiger partial charge in [-0.2, -0.15) is 0 Å². The van der Waals surface area contributed by atoms with E-state index >= 15 is 0 Å². The van der Waals surface area contributed by atoms with Crippen molar-refractivity contribution in [2.75, 3.05) is 20.2 Å². The molecule has 0 spiro atoms. The summed E-state index contributed by atoms with van der Waals surface area (Å²) in [6.07, 6.45) is 3.70. The van der Waals surface area contributed by atoms with Gasteiger partial charge in [-0.15, -0.1) is 0 Å². The smallest absolute Gasteiger partial charge is 0.213 e. The van der Waals surface area contributed by atoms with E-state index in [1.54, 1.807) is 7.11 Å². The molecule has 0 bridgehead atoms. The number of guanidine groups is 1. The maximum absolute atomic E-state index is 5.13. The zero-order valence-electron chi connectivity index (χ0n) is 14.4. The highest BCUT2D eigenvalue weighted by Gasteiger charge is 2.00. The highest BCUT2D eigenvalue weighted by molar-refractivity contribution is 5.79. The van der Waals surface area contributed by atoms with Gasteiger partial charge in [0.2, 0.25) is 5.88 Å². The molecule has 0 amide bonds. The van der Waals surface area contributed by atoms with Crippen LogP contribution in [0.2, 0.25) is 0 Å². The Kier molecular flexibility index (Phi) is 9.03. The van der Waals surface area contributed by atoms with Gasteiger partial charge in [-0.3, -0.25) is 0 Å². The highest BCUT2D eigenvalue weighted by Crippen LogP contribution is 2.07. The molecular formula is C17H30N4O. The molecule has 0 aromatic carbocycles. The van der Waals surface area contributed by atoms with Crippen LogP contribution >= 0.6 is 0 Å². The second-order valence-electron chi connectivity index (χ2n) is 5.68. The van der Waals surface area contributed by atoms with E-state index in [1.165, 1.54) is 19.3 Å². The summed E-state index contributed by atoms with van der Waals surface area (Å²) in [5.41, 5.74) is 0.899. The van der Waals surface area contributed by atoms with Crippen LogP contribution in [-0.2, 0) is 6.54 Å². The van der Waals surface area contributed by atoms with Crippen LogP contribution < -0.4 is 15.4 Å². The number of hydrogen-bond donors (Lipinski definition) is 2. The number of unbranched alkanes of at least 4 members (excludes halogenated alkanes) is 1. The van der Waals surface area contributed by atoms with Crippen LogP contribution in [0.25, 0.3) is 0 Å². The van der Waals surface area contributed by atoms with Crippen molar-refractivity contribution in [1.82, 2.24) is 15.6 Å². The van der Waals surface area contributed by atoms with Gasteiger partial charge >= 0.3 is 0 Å². The largest absolute Gasteiger partial charge is 0.481 e. The second-order valence-corrected chi connectivity index (χ2v) is 5.68. The molecule has 1 aromatic rings. The third-order valence-electron chi connectivity index (χ3n) is 3.23. The first-order valence-corrected chi connectivity index (χ1v) is 8.17. The number of aromatic nitrogens is 1. The molecule has 5 nitrogen and oxygen atoms in total. The van der Waals surface area contributed by atoms with Crippen molar-refractivity contribution in [3.05, 3.63) is 23.9 Å². The van der Waals surface area contributed by atoms with Gasteiger partial charge in [0.1, 0.15) is 0 Å². The summed E-state index contributed by atoms with van der Waals surface area (Å²) >= 11 is 0. The first-order chi connectivity index (χ1) is 10.7. The Hall–Kier alpha value is -1.78. The van der Waals surface area contributed by atoms with E-state index in [1.807, 2.05) is 18.2 Å². The van der Waals surface area contributed by atoms with Crippen molar-refractivity contribution < 1.29 is 4.74 Å². The van der Waals surface area contributed by atoms with Crippen molar-refractivity contribution >= 4 is 5.96 Å². The predicted molar refractivity (Wildman–Crippen MR) is 92.3 cm³/mol. The quantitative estimate of drug-likeness (QED) is 0.418. The van der Waals surface area contributed by atoms with E-state index in [-0.39, 0.29) is 0 Å². The molecule has 0 saturated carbocycles. The third-order valence-corrected chi connectivity index (χ3v) is 3.23. The van der Waals surface area contributed by atoms with Gasteiger partial charge in [0.15, 0.2) is 5.96 Å². The molecule has 22 heavy (non-hydrogen) atoms. The average molecular weight is 306 g/mol. The zero-order valence-corrected chi connectivity index (χ0v) is 14.4. The summed E-state index contributed by atoms with van der Waals surface area (Å²) in [5, 5.41) is 6.63. The molecule has 0 aliphatic carbocycles. The van der Waals surface area contributed by atoms with Crippen LogP contribution in [0.4, 0.5) is 0 Å². The first-order valence-electron chi connectivity index (χ1n) is 8.17. The molecular weight excluding hydrogens is 276 g/mol. The molecule has 2 N–H and O–H groups in total. The van der Waals surface area contributed by atoms with Crippen molar-refractivity contribution in [3.8, 4) is 5.88 Å². The number of rotatable bonds is 9. The Balaban J connectivity index is 2.43. The summed E-state index contributed by atoms with van der Waals surface area (Å²) in [4.78, 5) is 8.94. The van der Waals surface area contributed by atoms with Crippen LogP contribution in [0.15, 0.2) is 23.2 Å². The van der Waals surface area contributed by atoms with E-state index in [9.17, 15) is 0 Å². The van der Waals surface area contributed by atoms with Gasteiger partial charge < -0.3 is 15.4 Å². The monoisotopic (exact) mass is 306 g/mol. The second kappa shape index (κ2) is 10.9. The lowest BCUT2D eigenvalue weighted by Crippen LogP contribution is -2.37. The van der Waals surface area contributed by atoms with Crippen LogP contribution in [0.5, 0.6) is 5.88 Å². The van der Waals surface area contributed by atoms with Gasteiger partial charge in [0, 0.05) is 19.2 Å². The maximum Gasteiger partial charge on any atom is 0.213 e. The maximum atomic E-state index is 5.13. The number of ether oxygens (including phenoxy) is 1. The number of nitrogens with zero attached hydrogens (tertiary/aromatic N) is 2. The lowest BCUT2D eigenvalue weighted by Gasteiger charge is -2.11. The lowest BCUT2D eigenvalue weighted by molar-refractivity contribution is 0.396. The molecule has 5 heteroatoms. The SMILES string of the molecule is CCNC(=NCc1cccc(OC)n1)NCCCCC(C)C. The fourth-order valence-electron chi connectivity index (χ4n) is 2.05. The molecule has 1 aromatic heterocycles. The van der Waals surface area contributed by atoms with Crippen molar-refractivity contribution in [2.24, 2.45) is 10.9 Å². The van der Waals surface area contributed by atoms with Gasteiger partial charge in [0.25, 0.3) is 0 Å². The summed E-state index contributed by atoms with van der Waals surface area (Å²) in [6.45, 7) is 8.94. The van der Waals surface area contributed by atoms with Crippen LogP contribution in [-0.4, -0.2) is 31.1 Å². The van der Waals surface area contributed by atoms with Gasteiger partial charge in [-0.05, 0) is 25.3 Å². The molecule has 0 radical (unpaired) electrons. The van der Waals surface area contributed by atoms with Crippen molar-refractivity contribution in [1.29, 1.82) is 0 Å². The fourth-order valence-corrected chi connectivity index (χ4v) is 2.05. The Morgan fingerprint density at radius 3 is 2.77 bits per heavy atom. The van der Waals surface area contributed by atoms with Gasteiger partial charge in [-0.25, -0.2) is 9.98 Å². The fraction of sp³-hybridized carbons (Fsp3) is 0.647. The molecule has 0 aliphatic heterocycles. The minimum absolute atomic E-state index is 0.540. The van der Waals surface area contributed by atoms with Gasteiger partial charge in [-0.1, -0.05) is 32.8 Å². The van der Waals surface area contributed by atoms with Crippen molar-refractivity contribution in [2.45, 2.75) is 46.6 Å². The highest BCUT2D eigenvalue weighted by atomic mass is 16.5.